The topological polar surface area (TPSA) is 86.1 Å². The molecule has 0 spiro atoms. The van der Waals surface area contributed by atoms with Crippen LogP contribution in [0.15, 0.2) is 84.9 Å². The number of ether oxygens (including phenoxy) is 3. The molecule has 1 saturated heterocycles. The summed E-state index contributed by atoms with van der Waals surface area (Å²) in [5, 5.41) is 4.09. The maximum absolute atomic E-state index is 14.5. The van der Waals surface area contributed by atoms with Crippen LogP contribution < -0.4 is 4.74 Å². The Hall–Kier alpha value is -5.10. The molecule has 0 bridgehead atoms. The lowest BCUT2D eigenvalue weighted by atomic mass is 9.87. The molecule has 1 fully saturated rings. The molecule has 3 aromatic carbocycles. The number of benzene rings is 3. The first-order chi connectivity index (χ1) is 25.7. The van der Waals surface area contributed by atoms with Crippen molar-refractivity contribution < 1.29 is 37.0 Å². The largest absolute Gasteiger partial charge is 0.492 e. The summed E-state index contributed by atoms with van der Waals surface area (Å²) in [4.78, 5) is 27.9. The number of halogens is 3. The summed E-state index contributed by atoms with van der Waals surface area (Å²) in [5.41, 5.74) is 2.87. The molecule has 0 N–H and O–H groups in total. The average molecular weight is 747 g/mol. The van der Waals surface area contributed by atoms with Crippen molar-refractivity contribution >= 4 is 34.0 Å². The molecule has 5 rings (SSSR count). The van der Waals surface area contributed by atoms with Gasteiger partial charge in [-0.1, -0.05) is 61.5 Å². The Labute approximate surface area is 315 Å². The van der Waals surface area contributed by atoms with Gasteiger partial charge in [0.25, 0.3) is 0 Å². The molecule has 1 aromatic heterocycles. The molecular weight excluding hydrogens is 697 g/mol. The summed E-state index contributed by atoms with van der Waals surface area (Å²) in [6.45, 7) is 8.34. The maximum Gasteiger partial charge on any atom is 0.435 e. The normalized spacial score (nSPS) is 15.6. The molecule has 4 aromatic rings. The van der Waals surface area contributed by atoms with Gasteiger partial charge in [0.05, 0.1) is 12.1 Å². The number of likely N-dealkylation sites (N-methyl/N-ethyl adjacent to an activating group) is 1. The molecule has 1 unspecified atom stereocenters. The zero-order valence-electron chi connectivity index (χ0n) is 31.8. The smallest absolute Gasteiger partial charge is 0.435 e. The number of alkyl halides is 3. The second-order valence-corrected chi connectivity index (χ2v) is 14.4. The van der Waals surface area contributed by atoms with E-state index >= 15 is 0 Å². The van der Waals surface area contributed by atoms with Gasteiger partial charge in [-0.15, -0.1) is 0 Å². The summed E-state index contributed by atoms with van der Waals surface area (Å²) in [5.74, 6) is 0.342. The lowest BCUT2D eigenvalue weighted by molar-refractivity contribution is -0.141. The van der Waals surface area contributed by atoms with E-state index in [1.165, 1.54) is 20.6 Å². The number of rotatable bonds is 12. The van der Waals surface area contributed by atoms with Crippen LogP contribution in [-0.4, -0.2) is 77.6 Å². The first-order valence-corrected chi connectivity index (χ1v) is 18.2. The van der Waals surface area contributed by atoms with Crippen LogP contribution in [0.5, 0.6) is 5.75 Å². The fraction of sp³-hybridized carbons (Fsp3) is 0.405. The van der Waals surface area contributed by atoms with Crippen LogP contribution >= 0.6 is 0 Å². The van der Waals surface area contributed by atoms with E-state index in [4.69, 9.17) is 14.2 Å². The first-order valence-electron chi connectivity index (χ1n) is 18.2. The standard InChI is InChI=1S/C42H49F3N4O5/c1-7-33(29-14-9-8-10-15-29)38(31-20-23-35-34(28-31)39(42(43,44)45)46-49(35)37-17-11-12-26-53-37)30-18-21-32(22-19-30)52-27-25-48(40(51)54-41(2,3)4)24-13-16-36(50)47(5)6/h8-10,13-16,18-23,28,37H,7,11-12,17,24-27H2,1-6H3/b16-13+,38-33+. The van der Waals surface area contributed by atoms with Gasteiger partial charge in [0.1, 0.15) is 18.0 Å². The van der Waals surface area contributed by atoms with Crippen LogP contribution in [0.25, 0.3) is 22.0 Å². The highest BCUT2D eigenvalue weighted by molar-refractivity contribution is 6.01. The van der Waals surface area contributed by atoms with Crippen molar-refractivity contribution in [1.29, 1.82) is 0 Å². The van der Waals surface area contributed by atoms with Gasteiger partial charge in [-0.05, 0) is 98.6 Å². The van der Waals surface area contributed by atoms with E-state index in [0.29, 0.717) is 36.3 Å². The number of hydrogen-bond donors (Lipinski definition) is 0. The number of hydrogen-bond acceptors (Lipinski definition) is 6. The SMILES string of the molecule is CC/C(=C(/c1ccc(OCCN(C/C=C/C(=O)N(C)C)C(=O)OC(C)(C)C)cc1)c1ccc2c(c1)c(C(F)(F)F)nn2C1CCCCO1)c1ccccc1. The van der Waals surface area contributed by atoms with Crippen molar-refractivity contribution in [1.82, 2.24) is 19.6 Å². The van der Waals surface area contributed by atoms with E-state index in [9.17, 15) is 22.8 Å². The van der Waals surface area contributed by atoms with E-state index in [2.05, 4.69) is 5.10 Å². The lowest BCUT2D eigenvalue weighted by Crippen LogP contribution is -2.39. The fourth-order valence-electron chi connectivity index (χ4n) is 6.33. The molecular formula is C42H49F3N4O5. The molecule has 12 heteroatoms. The van der Waals surface area contributed by atoms with Crippen LogP contribution in [0, 0.1) is 0 Å². The van der Waals surface area contributed by atoms with Crippen molar-refractivity contribution in [3.05, 3.63) is 107 Å². The van der Waals surface area contributed by atoms with E-state index in [1.807, 2.05) is 55.5 Å². The highest BCUT2D eigenvalue weighted by Crippen LogP contribution is 2.41. The maximum atomic E-state index is 14.5. The van der Waals surface area contributed by atoms with Gasteiger partial charge >= 0.3 is 12.3 Å². The Morgan fingerprint density at radius 2 is 1.67 bits per heavy atom. The second-order valence-electron chi connectivity index (χ2n) is 14.4. The number of aromatic nitrogens is 2. The van der Waals surface area contributed by atoms with Gasteiger partial charge in [0, 0.05) is 38.7 Å². The number of amides is 2. The van der Waals surface area contributed by atoms with E-state index in [0.717, 1.165) is 35.1 Å². The van der Waals surface area contributed by atoms with E-state index in [-0.39, 0.29) is 31.0 Å². The van der Waals surface area contributed by atoms with Crippen LogP contribution in [0.1, 0.15) is 82.0 Å². The minimum absolute atomic E-state index is 0.0191. The number of nitrogens with zero attached hydrogens (tertiary/aromatic N) is 4. The molecule has 9 nitrogen and oxygen atoms in total. The molecule has 2 heterocycles. The second kappa shape index (κ2) is 17.4. The van der Waals surface area contributed by atoms with Crippen LogP contribution in [0.3, 0.4) is 0 Å². The van der Waals surface area contributed by atoms with Crippen LogP contribution in [-0.2, 0) is 20.4 Å². The van der Waals surface area contributed by atoms with Crippen molar-refractivity contribution in [3.63, 3.8) is 0 Å². The number of carbonyl (C=O) groups excluding carboxylic acids is 2. The molecule has 0 saturated carbocycles. The van der Waals surface area contributed by atoms with E-state index in [1.54, 1.807) is 65.2 Å². The Bertz CT molecular complexity index is 1960. The number of fused-ring (bicyclic) bond motifs is 1. The Kier molecular flexibility index (Phi) is 12.9. The lowest BCUT2D eigenvalue weighted by Gasteiger charge is -2.26. The van der Waals surface area contributed by atoms with Crippen molar-refractivity contribution in [2.75, 3.05) is 40.4 Å². The fourth-order valence-corrected chi connectivity index (χ4v) is 6.33. The third-order valence-electron chi connectivity index (χ3n) is 8.92. The Morgan fingerprint density at radius 3 is 2.28 bits per heavy atom. The quantitative estimate of drug-likeness (QED) is 0.106. The number of carbonyl (C=O) groups is 2. The Balaban J connectivity index is 1.46. The van der Waals surface area contributed by atoms with Crippen molar-refractivity contribution in [3.8, 4) is 5.75 Å². The molecule has 1 aliphatic heterocycles. The monoisotopic (exact) mass is 746 g/mol. The molecule has 2 amide bonds. The third kappa shape index (κ3) is 10.1. The van der Waals surface area contributed by atoms with Gasteiger partial charge < -0.3 is 24.0 Å². The summed E-state index contributed by atoms with van der Waals surface area (Å²) in [6, 6.07) is 22.3. The van der Waals surface area contributed by atoms with Crippen molar-refractivity contribution in [2.45, 2.75) is 71.4 Å². The summed E-state index contributed by atoms with van der Waals surface area (Å²) in [6.07, 6.45) is 0.196. The molecule has 1 atom stereocenters. The zero-order valence-corrected chi connectivity index (χ0v) is 31.8. The summed E-state index contributed by atoms with van der Waals surface area (Å²) in [7, 11) is 3.29. The van der Waals surface area contributed by atoms with Gasteiger partial charge in [-0.2, -0.15) is 18.3 Å². The van der Waals surface area contributed by atoms with Gasteiger partial charge in [0.15, 0.2) is 11.9 Å². The van der Waals surface area contributed by atoms with Crippen LogP contribution in [0.2, 0.25) is 0 Å². The summed E-state index contributed by atoms with van der Waals surface area (Å²) >= 11 is 0. The van der Waals surface area contributed by atoms with Crippen molar-refractivity contribution in [2.24, 2.45) is 0 Å². The predicted octanol–water partition coefficient (Wildman–Crippen LogP) is 9.38. The molecule has 1 aliphatic rings. The average Bonchev–Trinajstić information content (AvgIpc) is 3.53. The zero-order chi connectivity index (χ0) is 39.0. The number of allylic oxidation sites excluding steroid dienone is 1. The molecule has 288 valence electrons. The van der Waals surface area contributed by atoms with Crippen LogP contribution in [0.4, 0.5) is 18.0 Å². The minimum Gasteiger partial charge on any atom is -0.492 e. The minimum atomic E-state index is -4.66. The van der Waals surface area contributed by atoms with E-state index < -0.39 is 29.8 Å². The molecule has 0 radical (unpaired) electrons. The first kappa shape index (κ1) is 40.1. The highest BCUT2D eigenvalue weighted by Gasteiger charge is 2.38. The van der Waals surface area contributed by atoms with Gasteiger partial charge in [-0.3, -0.25) is 4.79 Å². The van der Waals surface area contributed by atoms with Gasteiger partial charge in [-0.25, -0.2) is 9.48 Å². The van der Waals surface area contributed by atoms with Gasteiger partial charge in [0.2, 0.25) is 5.91 Å². The Morgan fingerprint density at radius 1 is 0.963 bits per heavy atom. The molecule has 0 aliphatic carbocycles. The molecule has 54 heavy (non-hydrogen) atoms. The predicted molar refractivity (Wildman–Crippen MR) is 204 cm³/mol. The third-order valence-corrected chi connectivity index (χ3v) is 8.92. The highest BCUT2D eigenvalue weighted by atomic mass is 19.4. The summed E-state index contributed by atoms with van der Waals surface area (Å²) < 4.78 is 62.3.